The van der Waals surface area contributed by atoms with Crippen molar-refractivity contribution in [2.75, 3.05) is 10.2 Å². The minimum atomic E-state index is -0.337. The number of hydrogen-bond acceptors (Lipinski definition) is 5. The van der Waals surface area contributed by atoms with Gasteiger partial charge in [0, 0.05) is 33.0 Å². The summed E-state index contributed by atoms with van der Waals surface area (Å²) in [5, 5.41) is 20.5. The first-order chi connectivity index (χ1) is 35.0. The lowest BCUT2D eigenvalue weighted by atomic mass is 9.73. The highest BCUT2D eigenvalue weighted by Crippen LogP contribution is 2.54. The molecule has 0 bridgehead atoms. The van der Waals surface area contributed by atoms with Gasteiger partial charge >= 0.3 is 0 Å². The first-order valence-electron chi connectivity index (χ1n) is 24.9. The van der Waals surface area contributed by atoms with Crippen LogP contribution in [-0.4, -0.2) is 14.5 Å². The molecule has 6 nitrogen and oxygen atoms in total. The van der Waals surface area contributed by atoms with E-state index in [1.54, 1.807) is 0 Å². The van der Waals surface area contributed by atoms with Crippen molar-refractivity contribution in [3.63, 3.8) is 0 Å². The molecule has 338 valence electrons. The van der Waals surface area contributed by atoms with Gasteiger partial charge in [-0.15, -0.1) is 0 Å². The summed E-state index contributed by atoms with van der Waals surface area (Å²) in [4.78, 5) is 13.7. The number of nitrogens with zero attached hydrogens (tertiary/aromatic N) is 4. The lowest BCUT2D eigenvalue weighted by Gasteiger charge is -2.41. The number of aromatic nitrogens is 3. The van der Waals surface area contributed by atoms with E-state index in [-0.39, 0.29) is 17.7 Å². The summed E-state index contributed by atoms with van der Waals surface area (Å²) in [6, 6.07) is 71.3. The predicted molar refractivity (Wildman–Crippen MR) is 295 cm³/mol. The highest BCUT2D eigenvalue weighted by atomic mass is 15.3. The van der Waals surface area contributed by atoms with Crippen LogP contribution in [0.4, 0.5) is 23.0 Å². The molecule has 4 heterocycles. The van der Waals surface area contributed by atoms with Gasteiger partial charge in [0.2, 0.25) is 5.95 Å². The Balaban J connectivity index is 0.971. The zero-order valence-electron chi connectivity index (χ0n) is 39.5. The predicted octanol–water partition coefficient (Wildman–Crippen LogP) is 16.2. The largest absolute Gasteiger partial charge is 0.352 e. The Bertz CT molecular complexity index is 4250. The fraction of sp³-hybridized carbons (Fsp3) is 0.108. The number of allylic oxidation sites excluding steroid dienone is 1. The Hall–Kier alpha value is -8.58. The van der Waals surface area contributed by atoms with Crippen molar-refractivity contribution in [3.8, 4) is 11.3 Å². The van der Waals surface area contributed by atoms with Gasteiger partial charge in [-0.2, -0.15) is 0 Å². The number of hydrogen-bond donors (Lipinski definition) is 2. The van der Waals surface area contributed by atoms with Crippen LogP contribution in [0, 0.1) is 0 Å². The van der Waals surface area contributed by atoms with Gasteiger partial charge in [-0.1, -0.05) is 178 Å². The molecular weight excluding hydrogens is 865 g/mol. The van der Waals surface area contributed by atoms with Gasteiger partial charge in [0.1, 0.15) is 0 Å². The van der Waals surface area contributed by atoms with Gasteiger partial charge < -0.3 is 9.88 Å². The average molecular weight is 913 g/mol. The molecule has 2 aromatic heterocycles. The van der Waals surface area contributed by atoms with E-state index >= 15 is 0 Å². The molecule has 2 atom stereocenters. The van der Waals surface area contributed by atoms with E-state index in [1.807, 2.05) is 0 Å². The third kappa shape index (κ3) is 5.92. The first kappa shape index (κ1) is 40.3. The minimum Gasteiger partial charge on any atom is -0.352 e. The zero-order chi connectivity index (χ0) is 47.0. The Morgan fingerprint density at radius 3 is 1.99 bits per heavy atom. The quantitative estimate of drug-likeness (QED) is 0.172. The molecule has 0 fully saturated rings. The van der Waals surface area contributed by atoms with Gasteiger partial charge in [0.15, 0.2) is 6.29 Å². The van der Waals surface area contributed by atoms with Gasteiger partial charge in [-0.05, 0) is 121 Å². The summed E-state index contributed by atoms with van der Waals surface area (Å²) in [6.45, 7) is 4.75. The molecule has 3 aliphatic rings. The zero-order valence-corrected chi connectivity index (χ0v) is 39.5. The van der Waals surface area contributed by atoms with Crippen LogP contribution >= 0.6 is 0 Å². The second-order valence-electron chi connectivity index (χ2n) is 20.1. The van der Waals surface area contributed by atoms with Gasteiger partial charge in [-0.3, -0.25) is 10.2 Å². The molecule has 0 amide bonds. The summed E-state index contributed by atoms with van der Waals surface area (Å²) < 4.78 is 2.49. The summed E-state index contributed by atoms with van der Waals surface area (Å²) in [6.07, 6.45) is 6.00. The molecule has 15 rings (SSSR count). The van der Waals surface area contributed by atoms with Crippen LogP contribution in [-0.2, 0) is 11.8 Å². The number of fused-ring (bicyclic) bond motifs is 13. The molecule has 0 saturated heterocycles. The number of rotatable bonds is 4. The SMILES string of the molecule is CC1(C)c2ccccc2N(c2nc3c(c(-c4cc5ccccc5c5ccccc45)n2)C=CCC3)c2cc3c(cc21)c1ccccc1n3C1Nc2ccccc2C(c2cc3ccccc3c3ccccc23)N1. The lowest BCUT2D eigenvalue weighted by molar-refractivity contribution is 0.418. The number of aryl methyl sites for hydroxylation is 1. The van der Waals surface area contributed by atoms with Crippen LogP contribution in [0.1, 0.15) is 66.1 Å². The van der Waals surface area contributed by atoms with Crippen LogP contribution < -0.4 is 15.5 Å². The first-order valence-corrected chi connectivity index (χ1v) is 24.9. The van der Waals surface area contributed by atoms with Crippen molar-refractivity contribution in [2.24, 2.45) is 0 Å². The van der Waals surface area contributed by atoms with Crippen molar-refractivity contribution in [3.05, 3.63) is 234 Å². The molecule has 2 aliphatic heterocycles. The van der Waals surface area contributed by atoms with E-state index in [4.69, 9.17) is 9.97 Å². The van der Waals surface area contributed by atoms with E-state index in [2.05, 4.69) is 240 Å². The third-order valence-corrected chi connectivity index (χ3v) is 15.9. The van der Waals surface area contributed by atoms with Crippen molar-refractivity contribution in [1.29, 1.82) is 0 Å². The van der Waals surface area contributed by atoms with E-state index in [0.29, 0.717) is 5.95 Å². The standard InChI is InChI=1S/C65H48N6/c1-65(2)53-30-14-18-34-58(53)71(64-67-56-32-16-12-29-49(56)62(69-64)52-36-40-20-4-6-22-42(40)44-24-8-10-26-46(44)52)60-38-59-50(37-54(60)65)47-27-13-17-33-57(47)70(59)63-66-55-31-15-11-28-48(55)61(68-63)51-35-39-19-3-5-21-41(39)43-23-7-9-25-45(43)51/h3-15,17-31,33-38,61,63,66,68H,16,32H2,1-2H3. The summed E-state index contributed by atoms with van der Waals surface area (Å²) >= 11 is 0. The van der Waals surface area contributed by atoms with Crippen LogP contribution in [0.3, 0.4) is 0 Å². The number of anilines is 4. The highest BCUT2D eigenvalue weighted by Gasteiger charge is 2.40. The maximum absolute atomic E-state index is 5.76. The van der Waals surface area contributed by atoms with E-state index in [1.165, 1.54) is 76.1 Å². The highest BCUT2D eigenvalue weighted by molar-refractivity contribution is 6.15. The van der Waals surface area contributed by atoms with Crippen LogP contribution in [0.15, 0.2) is 200 Å². The molecule has 1 aliphatic carbocycles. The van der Waals surface area contributed by atoms with Crippen LogP contribution in [0.2, 0.25) is 0 Å². The van der Waals surface area contributed by atoms with Gasteiger partial charge in [0.25, 0.3) is 0 Å². The summed E-state index contributed by atoms with van der Waals surface area (Å²) in [5.74, 6) is 0.684. The molecule has 2 N–H and O–H groups in total. The van der Waals surface area contributed by atoms with Crippen LogP contribution in [0.5, 0.6) is 0 Å². The van der Waals surface area contributed by atoms with Gasteiger partial charge in [-0.25, -0.2) is 9.97 Å². The Kier molecular flexibility index (Phi) is 8.64. The number of benzene rings is 10. The number of nitrogens with one attached hydrogen (secondary N) is 2. The minimum absolute atomic E-state index is 0.106. The van der Waals surface area contributed by atoms with Crippen molar-refractivity contribution < 1.29 is 0 Å². The Morgan fingerprint density at radius 2 is 1.17 bits per heavy atom. The van der Waals surface area contributed by atoms with E-state index in [0.717, 1.165) is 63.5 Å². The molecule has 6 heteroatoms. The van der Waals surface area contributed by atoms with Crippen molar-refractivity contribution in [1.82, 2.24) is 19.9 Å². The monoisotopic (exact) mass is 912 g/mol. The third-order valence-electron chi connectivity index (χ3n) is 15.9. The second kappa shape index (κ2) is 15.2. The lowest BCUT2D eigenvalue weighted by Crippen LogP contribution is -2.40. The Morgan fingerprint density at radius 1 is 0.521 bits per heavy atom. The molecule has 71 heavy (non-hydrogen) atoms. The molecular formula is C65H48N6. The Labute approximate surface area is 411 Å². The molecule has 0 spiro atoms. The molecule has 10 aromatic carbocycles. The molecule has 0 radical (unpaired) electrons. The van der Waals surface area contributed by atoms with Crippen LogP contribution in [0.25, 0.3) is 82.2 Å². The smallest absolute Gasteiger partial charge is 0.235 e. The van der Waals surface area contributed by atoms with Gasteiger partial charge in [0.05, 0.1) is 39.8 Å². The normalized spacial score (nSPS) is 16.8. The van der Waals surface area contributed by atoms with Crippen molar-refractivity contribution >= 4 is 94.0 Å². The average Bonchev–Trinajstić information content (AvgIpc) is 3.75. The molecule has 2 unspecified atom stereocenters. The fourth-order valence-electron chi connectivity index (χ4n) is 12.6. The molecule has 12 aromatic rings. The maximum atomic E-state index is 5.76. The maximum Gasteiger partial charge on any atom is 0.235 e. The second-order valence-corrected chi connectivity index (χ2v) is 20.1. The fourth-order valence-corrected chi connectivity index (χ4v) is 12.6. The summed E-state index contributed by atoms with van der Waals surface area (Å²) in [7, 11) is 0. The molecule has 0 saturated carbocycles. The van der Waals surface area contributed by atoms with Crippen molar-refractivity contribution in [2.45, 2.75) is 44.4 Å². The number of para-hydroxylation sites is 3. The van der Waals surface area contributed by atoms with E-state index < -0.39 is 0 Å². The summed E-state index contributed by atoms with van der Waals surface area (Å²) in [5.41, 5.74) is 14.5. The topological polar surface area (TPSA) is 58.0 Å². The van der Waals surface area contributed by atoms with E-state index in [9.17, 15) is 0 Å².